The van der Waals surface area contributed by atoms with E-state index in [0.717, 1.165) is 31.2 Å². The largest absolute Gasteiger partial charge is 0.393 e. The smallest absolute Gasteiger partial charge is 0.224 e. The molecule has 0 spiro atoms. The van der Waals surface area contributed by atoms with Gasteiger partial charge in [-0.05, 0) is 43.4 Å². The molecule has 0 aliphatic heterocycles. The van der Waals surface area contributed by atoms with Gasteiger partial charge < -0.3 is 10.4 Å². The first kappa shape index (κ1) is 13.4. The molecule has 4 heteroatoms. The molecule has 1 aliphatic rings. The van der Waals surface area contributed by atoms with Crippen LogP contribution in [0, 0.1) is 0 Å². The van der Waals surface area contributed by atoms with Crippen LogP contribution in [0.4, 0.5) is 0 Å². The van der Waals surface area contributed by atoms with Crippen LogP contribution < -0.4 is 5.32 Å². The Morgan fingerprint density at radius 2 is 2.06 bits per heavy atom. The molecule has 1 fully saturated rings. The van der Waals surface area contributed by atoms with Crippen molar-refractivity contribution in [3.63, 3.8) is 0 Å². The number of nitrogens with one attached hydrogen (secondary N) is 1. The van der Waals surface area contributed by atoms with Crippen LogP contribution in [0.3, 0.4) is 0 Å². The van der Waals surface area contributed by atoms with Crippen molar-refractivity contribution < 1.29 is 9.90 Å². The molecule has 0 saturated heterocycles. The fourth-order valence-corrected chi connectivity index (χ4v) is 2.54. The Bertz CT molecular complexity index is 414. The minimum absolute atomic E-state index is 0.0265. The van der Waals surface area contributed by atoms with Crippen LogP contribution in [0.15, 0.2) is 24.3 Å². The zero-order valence-electron chi connectivity index (χ0n) is 10.2. The van der Waals surface area contributed by atoms with Crippen LogP contribution in [0.25, 0.3) is 0 Å². The minimum Gasteiger partial charge on any atom is -0.393 e. The monoisotopic (exact) mass is 267 g/mol. The van der Waals surface area contributed by atoms with E-state index in [4.69, 9.17) is 11.6 Å². The van der Waals surface area contributed by atoms with Crippen molar-refractivity contribution in [1.82, 2.24) is 5.32 Å². The first-order chi connectivity index (χ1) is 8.63. The molecule has 1 amide bonds. The van der Waals surface area contributed by atoms with Crippen LogP contribution >= 0.6 is 11.6 Å². The number of rotatable bonds is 3. The van der Waals surface area contributed by atoms with Gasteiger partial charge in [-0.2, -0.15) is 0 Å². The van der Waals surface area contributed by atoms with E-state index in [-0.39, 0.29) is 18.1 Å². The maximum absolute atomic E-state index is 11.9. The molecule has 98 valence electrons. The van der Waals surface area contributed by atoms with E-state index in [1.54, 1.807) is 6.07 Å². The van der Waals surface area contributed by atoms with Crippen LogP contribution in [-0.4, -0.2) is 23.2 Å². The molecule has 18 heavy (non-hydrogen) atoms. The maximum atomic E-state index is 11.9. The van der Waals surface area contributed by atoms with Gasteiger partial charge in [0.2, 0.25) is 5.91 Å². The van der Waals surface area contributed by atoms with E-state index >= 15 is 0 Å². The average Bonchev–Trinajstić information content (AvgIpc) is 2.32. The van der Waals surface area contributed by atoms with Gasteiger partial charge in [-0.3, -0.25) is 4.79 Å². The van der Waals surface area contributed by atoms with Crippen LogP contribution in [-0.2, 0) is 11.2 Å². The Labute approximate surface area is 112 Å². The number of benzene rings is 1. The van der Waals surface area contributed by atoms with Gasteiger partial charge in [0.25, 0.3) is 0 Å². The molecule has 1 aromatic carbocycles. The summed E-state index contributed by atoms with van der Waals surface area (Å²) >= 11 is 5.88. The van der Waals surface area contributed by atoms with E-state index in [9.17, 15) is 9.90 Å². The fourth-order valence-electron chi connectivity index (χ4n) is 2.33. The molecular formula is C14H18ClNO2. The second kappa shape index (κ2) is 6.21. The predicted octanol–water partition coefficient (Wildman–Crippen LogP) is 2.30. The fraction of sp³-hybridized carbons (Fsp3) is 0.500. The highest BCUT2D eigenvalue weighted by molar-refractivity contribution is 6.30. The molecule has 0 heterocycles. The van der Waals surface area contributed by atoms with Gasteiger partial charge in [-0.15, -0.1) is 0 Å². The predicted molar refractivity (Wildman–Crippen MR) is 71.6 cm³/mol. The normalized spacial score (nSPS) is 23.7. The van der Waals surface area contributed by atoms with Crippen LogP contribution in [0.1, 0.15) is 31.2 Å². The second-order valence-electron chi connectivity index (χ2n) is 4.88. The lowest BCUT2D eigenvalue weighted by Crippen LogP contribution is -2.39. The quantitative estimate of drug-likeness (QED) is 0.883. The maximum Gasteiger partial charge on any atom is 0.224 e. The molecule has 1 saturated carbocycles. The molecule has 2 rings (SSSR count). The highest BCUT2D eigenvalue weighted by atomic mass is 35.5. The Kier molecular flexibility index (Phi) is 4.61. The minimum atomic E-state index is -0.189. The number of hydrogen-bond acceptors (Lipinski definition) is 2. The number of carbonyl (C=O) groups is 1. The van der Waals surface area contributed by atoms with Crippen molar-refractivity contribution in [2.45, 2.75) is 44.2 Å². The number of aliphatic hydroxyl groups is 1. The summed E-state index contributed by atoms with van der Waals surface area (Å²) in [6.45, 7) is 0. The standard InChI is InChI=1S/C14H18ClNO2/c15-11-3-1-2-10(8-11)9-14(18)16-12-4-6-13(17)7-5-12/h1-3,8,12-13,17H,4-7,9H2,(H,16,18). The molecule has 0 unspecified atom stereocenters. The molecule has 0 aromatic heterocycles. The highest BCUT2D eigenvalue weighted by Crippen LogP contribution is 2.18. The number of halogens is 1. The first-order valence-corrected chi connectivity index (χ1v) is 6.73. The van der Waals surface area contributed by atoms with Crippen molar-refractivity contribution in [2.24, 2.45) is 0 Å². The lowest BCUT2D eigenvalue weighted by atomic mass is 9.93. The SMILES string of the molecule is O=C(Cc1cccc(Cl)c1)NC1CCC(O)CC1. The lowest BCUT2D eigenvalue weighted by molar-refractivity contribution is -0.121. The summed E-state index contributed by atoms with van der Waals surface area (Å²) in [6.07, 6.45) is 3.46. The third kappa shape index (κ3) is 4.00. The van der Waals surface area contributed by atoms with E-state index in [0.29, 0.717) is 11.4 Å². The van der Waals surface area contributed by atoms with Gasteiger partial charge in [0.1, 0.15) is 0 Å². The van der Waals surface area contributed by atoms with Crippen LogP contribution in [0.2, 0.25) is 5.02 Å². The Morgan fingerprint density at radius 3 is 2.72 bits per heavy atom. The summed E-state index contributed by atoms with van der Waals surface area (Å²) in [5.74, 6) is 0.0265. The zero-order chi connectivity index (χ0) is 13.0. The third-order valence-corrected chi connectivity index (χ3v) is 3.55. The van der Waals surface area contributed by atoms with E-state index in [2.05, 4.69) is 5.32 Å². The molecule has 0 radical (unpaired) electrons. The summed E-state index contributed by atoms with van der Waals surface area (Å²) in [6, 6.07) is 7.56. The van der Waals surface area contributed by atoms with Gasteiger partial charge >= 0.3 is 0 Å². The lowest BCUT2D eigenvalue weighted by Gasteiger charge is -2.26. The number of aliphatic hydroxyl groups excluding tert-OH is 1. The Hall–Kier alpha value is -1.06. The van der Waals surface area contributed by atoms with Gasteiger partial charge in [0.15, 0.2) is 0 Å². The van der Waals surface area contributed by atoms with Gasteiger partial charge in [-0.1, -0.05) is 23.7 Å². The molecule has 1 aliphatic carbocycles. The number of amides is 1. The molecule has 1 aromatic rings. The van der Waals surface area contributed by atoms with Crippen molar-refractivity contribution in [2.75, 3.05) is 0 Å². The average molecular weight is 268 g/mol. The summed E-state index contributed by atoms with van der Waals surface area (Å²) in [5.41, 5.74) is 0.927. The van der Waals surface area contributed by atoms with Gasteiger partial charge in [0.05, 0.1) is 12.5 Å². The molecule has 3 nitrogen and oxygen atoms in total. The summed E-state index contributed by atoms with van der Waals surface area (Å²) in [5, 5.41) is 13.1. The third-order valence-electron chi connectivity index (χ3n) is 3.32. The molecular weight excluding hydrogens is 250 g/mol. The summed E-state index contributed by atoms with van der Waals surface area (Å²) in [4.78, 5) is 11.9. The zero-order valence-corrected chi connectivity index (χ0v) is 11.0. The number of hydrogen-bond donors (Lipinski definition) is 2. The van der Waals surface area contributed by atoms with Crippen molar-refractivity contribution in [3.8, 4) is 0 Å². The summed E-state index contributed by atoms with van der Waals surface area (Å²) in [7, 11) is 0. The van der Waals surface area contributed by atoms with Crippen LogP contribution in [0.5, 0.6) is 0 Å². The molecule has 0 bridgehead atoms. The van der Waals surface area contributed by atoms with Crippen molar-refractivity contribution >= 4 is 17.5 Å². The first-order valence-electron chi connectivity index (χ1n) is 6.35. The Balaban J connectivity index is 1.82. The molecule has 0 atom stereocenters. The Morgan fingerprint density at radius 1 is 1.33 bits per heavy atom. The van der Waals surface area contributed by atoms with E-state index < -0.39 is 0 Å². The summed E-state index contributed by atoms with van der Waals surface area (Å²) < 4.78 is 0. The van der Waals surface area contributed by atoms with Gasteiger partial charge in [-0.25, -0.2) is 0 Å². The van der Waals surface area contributed by atoms with Crippen molar-refractivity contribution in [3.05, 3.63) is 34.9 Å². The topological polar surface area (TPSA) is 49.3 Å². The number of carbonyl (C=O) groups excluding carboxylic acids is 1. The van der Waals surface area contributed by atoms with E-state index in [1.165, 1.54) is 0 Å². The van der Waals surface area contributed by atoms with Gasteiger partial charge in [0, 0.05) is 11.1 Å². The molecule has 2 N–H and O–H groups in total. The van der Waals surface area contributed by atoms with Crippen molar-refractivity contribution in [1.29, 1.82) is 0 Å². The second-order valence-corrected chi connectivity index (χ2v) is 5.32. The van der Waals surface area contributed by atoms with E-state index in [1.807, 2.05) is 18.2 Å². The highest BCUT2D eigenvalue weighted by Gasteiger charge is 2.20.